The number of carbonyl (C=O) groups excluding carboxylic acids is 1. The zero-order chi connectivity index (χ0) is 25.5. The Bertz CT molecular complexity index is 1130. The van der Waals surface area contributed by atoms with E-state index in [0.717, 1.165) is 44.3 Å². The molecule has 0 radical (unpaired) electrons. The van der Waals surface area contributed by atoms with Crippen LogP contribution in [0.15, 0.2) is 53.0 Å². The van der Waals surface area contributed by atoms with Crippen molar-refractivity contribution in [3.63, 3.8) is 0 Å². The summed E-state index contributed by atoms with van der Waals surface area (Å²) in [5, 5.41) is 14.6. The molecule has 2 atom stereocenters. The van der Waals surface area contributed by atoms with Crippen molar-refractivity contribution in [1.29, 1.82) is 0 Å². The number of fused-ring (bicyclic) bond motifs is 3. The fourth-order valence-electron chi connectivity index (χ4n) is 5.83. The summed E-state index contributed by atoms with van der Waals surface area (Å²) in [4.78, 5) is 22.0. The molecule has 4 rings (SSSR count). The maximum absolute atomic E-state index is 13.3. The van der Waals surface area contributed by atoms with Crippen LogP contribution in [0.4, 0.5) is 0 Å². The van der Waals surface area contributed by atoms with Crippen molar-refractivity contribution in [3.05, 3.63) is 53.6 Å². The Morgan fingerprint density at radius 2 is 1.87 bits per heavy atom. The van der Waals surface area contributed by atoms with Crippen LogP contribution >= 0.6 is 0 Å². The summed E-state index contributed by atoms with van der Waals surface area (Å²) in [6.07, 6.45) is 4.55. The number of nitrogens with zero attached hydrogens (tertiary/aromatic N) is 3. The number of benzene rings is 2. The van der Waals surface area contributed by atoms with E-state index in [4.69, 9.17) is 25.3 Å². The number of ketones is 1. The summed E-state index contributed by atoms with van der Waals surface area (Å²) < 4.78 is 0. The largest absolute Gasteiger partial charge is 5.00 e. The predicted molar refractivity (Wildman–Crippen MR) is 153 cm³/mol. The van der Waals surface area contributed by atoms with Gasteiger partial charge in [0.05, 0.1) is 0 Å². The third kappa shape index (κ3) is 7.94. The summed E-state index contributed by atoms with van der Waals surface area (Å²) >= 11 is 10.1. The molecule has 1 saturated heterocycles. The van der Waals surface area contributed by atoms with E-state index < -0.39 is 0 Å². The Kier molecular flexibility index (Phi) is 14.0. The van der Waals surface area contributed by atoms with Gasteiger partial charge in [0.25, 0.3) is 0 Å². The van der Waals surface area contributed by atoms with E-state index in [0.29, 0.717) is 43.6 Å². The topological polar surface area (TPSA) is 87.5 Å². The Hall–Kier alpha value is -1.19. The molecule has 2 aromatic carbocycles. The van der Waals surface area contributed by atoms with Crippen LogP contribution in [0.3, 0.4) is 0 Å². The quantitative estimate of drug-likeness (QED) is 0.191. The van der Waals surface area contributed by atoms with Gasteiger partial charge in [-0.05, 0) is 72.6 Å². The van der Waals surface area contributed by atoms with Crippen LogP contribution < -0.4 is 5.11 Å². The van der Waals surface area contributed by atoms with Crippen molar-refractivity contribution < 1.29 is 35.5 Å². The molecule has 2 heterocycles. The first-order valence-corrected chi connectivity index (χ1v) is 14.3. The molecule has 0 saturated carbocycles. The van der Waals surface area contributed by atoms with Crippen molar-refractivity contribution in [2.75, 3.05) is 44.2 Å². The van der Waals surface area contributed by atoms with Crippen LogP contribution in [0.2, 0.25) is 0 Å². The van der Waals surface area contributed by atoms with Crippen LogP contribution in [0, 0.1) is 0 Å². The van der Waals surface area contributed by atoms with Gasteiger partial charge < -0.3 is 45.7 Å². The van der Waals surface area contributed by atoms with Gasteiger partial charge in [-0.1, -0.05) is 43.3 Å². The van der Waals surface area contributed by atoms with Gasteiger partial charge in [0, 0.05) is 43.7 Å². The second kappa shape index (κ2) is 16.2. The van der Waals surface area contributed by atoms with E-state index in [1.54, 1.807) is 0 Å². The van der Waals surface area contributed by atoms with E-state index >= 15 is 0 Å². The predicted octanol–water partition coefficient (Wildman–Crippen LogP) is 3.23. The minimum atomic E-state index is -0.111. The summed E-state index contributed by atoms with van der Waals surface area (Å²) in [5.41, 5.74) is 3.47. The molecule has 38 heavy (non-hydrogen) atoms. The number of rotatable bonds is 13. The summed E-state index contributed by atoms with van der Waals surface area (Å²) in [6.45, 7) is 5.13. The molecule has 0 aliphatic carbocycles. The van der Waals surface area contributed by atoms with Crippen molar-refractivity contribution in [2.24, 2.45) is 4.99 Å². The molecular weight excluding hydrogens is 600 g/mol. The summed E-state index contributed by atoms with van der Waals surface area (Å²) in [6, 6.07) is 15.7. The minimum Gasteiger partial charge on any atom is -2.00 e. The Balaban J connectivity index is 0.00000253. The molecule has 0 aromatic heterocycles. The average molecular weight is 637 g/mol. The van der Waals surface area contributed by atoms with Crippen molar-refractivity contribution >= 4 is 53.3 Å². The standard InChI is InChI=1S/C29H39N3O2S2.O.Tc/c1-2-27(33)29-25(23-9-8-21-6-3-4-7-22(21)18-23)19-24-10-11-26(29)32(24)14-5-13-31(15-17-36)20-28(34)30-12-16-35;;/h3-4,6-9,18,24,26,35-36H,2,5,10-17,19-20H2,1H3,(H,30,34);;/q;-2;+5/p-3. The Labute approximate surface area is 251 Å². The van der Waals surface area contributed by atoms with Gasteiger partial charge in [-0.3, -0.25) is 9.69 Å². The van der Waals surface area contributed by atoms with Gasteiger partial charge in [0.15, 0.2) is 5.78 Å². The normalized spacial score (nSPS) is 19.5. The molecule has 0 spiro atoms. The number of hydrogen-bond donors (Lipinski definition) is 0. The maximum Gasteiger partial charge on any atom is 5.00 e. The monoisotopic (exact) mass is 635 g/mol. The van der Waals surface area contributed by atoms with E-state index in [1.165, 1.54) is 21.9 Å². The smallest absolute Gasteiger partial charge is 2.00 e. The number of aliphatic imine (C=N–C) groups is 1. The molecule has 9 heteroatoms. The van der Waals surface area contributed by atoms with E-state index in [2.05, 4.69) is 57.3 Å². The van der Waals surface area contributed by atoms with Crippen molar-refractivity contribution in [3.8, 4) is 0 Å². The maximum atomic E-state index is 13.3. The Morgan fingerprint density at radius 3 is 2.58 bits per heavy atom. The van der Waals surface area contributed by atoms with Gasteiger partial charge in [-0.15, -0.1) is 0 Å². The molecule has 6 nitrogen and oxygen atoms in total. The van der Waals surface area contributed by atoms with Gasteiger partial charge in [0.2, 0.25) is 0 Å². The molecule has 2 aliphatic rings. The first-order valence-electron chi connectivity index (χ1n) is 13.2. The fourth-order valence-corrected chi connectivity index (χ4v) is 6.18. The van der Waals surface area contributed by atoms with Crippen LogP contribution in [0.25, 0.3) is 16.3 Å². The number of carbonyl (C=O) groups is 1. The average Bonchev–Trinajstić information content (AvgIpc) is 3.17. The number of Topliss-reactive ketones (excluding diaryl/α,β-unsaturated/α-hetero) is 1. The third-order valence-electron chi connectivity index (χ3n) is 7.50. The molecule has 2 unspecified atom stereocenters. The van der Waals surface area contributed by atoms with Gasteiger partial charge in [0.1, 0.15) is 0 Å². The molecule has 1 fully saturated rings. The summed E-state index contributed by atoms with van der Waals surface area (Å²) in [7, 11) is 0. The van der Waals surface area contributed by atoms with Crippen LogP contribution in [0.1, 0.15) is 44.6 Å². The second-order valence-corrected chi connectivity index (χ2v) is 10.5. The third-order valence-corrected chi connectivity index (χ3v) is 7.86. The molecular formula is C29H36N3O3S2Tc. The molecule has 0 amide bonds. The minimum absolute atomic E-state index is 0. The van der Waals surface area contributed by atoms with Crippen LogP contribution in [-0.2, 0) is 55.6 Å². The van der Waals surface area contributed by atoms with E-state index in [-0.39, 0.29) is 43.3 Å². The molecule has 2 aliphatic heterocycles. The fraction of sp³-hybridized carbons (Fsp3) is 0.517. The molecule has 2 aromatic rings. The second-order valence-electron chi connectivity index (χ2n) is 9.73. The van der Waals surface area contributed by atoms with Gasteiger partial charge in [-0.2, -0.15) is 11.5 Å². The van der Waals surface area contributed by atoms with Crippen molar-refractivity contribution in [2.45, 2.75) is 51.1 Å². The van der Waals surface area contributed by atoms with Crippen molar-refractivity contribution in [1.82, 2.24) is 9.80 Å². The van der Waals surface area contributed by atoms with Crippen LogP contribution in [-0.4, -0.2) is 77.8 Å². The first-order chi connectivity index (χ1) is 17.5. The van der Waals surface area contributed by atoms with E-state index in [1.807, 2.05) is 6.92 Å². The molecule has 2 bridgehead atoms. The van der Waals surface area contributed by atoms with Crippen LogP contribution in [0.5, 0.6) is 0 Å². The Morgan fingerprint density at radius 1 is 1.11 bits per heavy atom. The zero-order valence-corrected chi connectivity index (χ0v) is 25.4. The zero-order valence-electron chi connectivity index (χ0n) is 21.9. The van der Waals surface area contributed by atoms with Gasteiger partial charge >= 0.3 is 20.1 Å². The molecule has 0 N–H and O–H groups in total. The first kappa shape index (κ1) is 33.0. The SMILES string of the molecule is CCC(=O)C1=C(c2ccc3ccccc3c2)CC2CCC1N2CCCN(CC[S-])CC([O-])=NCC[S-].[O-2].[Tc+5]. The number of hydrogen-bond acceptors (Lipinski definition) is 7. The van der Waals surface area contributed by atoms with Gasteiger partial charge in [-0.25, -0.2) is 0 Å². The summed E-state index contributed by atoms with van der Waals surface area (Å²) in [5.74, 6) is 1.23. The van der Waals surface area contributed by atoms with E-state index in [9.17, 15) is 9.90 Å². The molecule has 204 valence electrons.